The van der Waals surface area contributed by atoms with Crippen molar-refractivity contribution in [2.45, 2.75) is 24.9 Å². The Hall–Kier alpha value is -1.40. The van der Waals surface area contributed by atoms with Crippen LogP contribution in [0.2, 0.25) is 5.02 Å². The Kier molecular flexibility index (Phi) is 3.91. The molecule has 0 radical (unpaired) electrons. The van der Waals surface area contributed by atoms with Gasteiger partial charge in [0.25, 0.3) is 0 Å². The lowest BCUT2D eigenvalue weighted by Gasteiger charge is -2.09. The number of sulfone groups is 1. The van der Waals surface area contributed by atoms with Gasteiger partial charge >= 0.3 is 0 Å². The molecule has 0 fully saturated rings. The van der Waals surface area contributed by atoms with E-state index in [0.717, 1.165) is 0 Å². The molecule has 5 nitrogen and oxygen atoms in total. The largest absolute Gasteiger partial charge is 0.338 e. The highest BCUT2D eigenvalue weighted by atomic mass is 35.5. The van der Waals surface area contributed by atoms with Crippen LogP contribution in [-0.2, 0) is 15.6 Å². The molecule has 102 valence electrons. The Balaban J connectivity index is 2.23. The molecular formula is C12H13ClN2O3S. The number of nitrogens with zero attached hydrogens (tertiary/aromatic N) is 2. The monoisotopic (exact) mass is 300 g/mol. The van der Waals surface area contributed by atoms with Gasteiger partial charge in [0.05, 0.1) is 5.75 Å². The highest BCUT2D eigenvalue weighted by Gasteiger charge is 2.27. The van der Waals surface area contributed by atoms with E-state index in [0.29, 0.717) is 16.4 Å². The Labute approximate surface area is 116 Å². The SMILES string of the molecule is Cc1noc([C@@H](C)S(=O)(=O)Cc2cccc(Cl)c2)n1. The van der Waals surface area contributed by atoms with Crippen molar-refractivity contribution in [3.63, 3.8) is 0 Å². The molecule has 1 aromatic heterocycles. The van der Waals surface area contributed by atoms with Crippen molar-refractivity contribution in [2.75, 3.05) is 0 Å². The van der Waals surface area contributed by atoms with E-state index in [1.807, 2.05) is 0 Å². The Morgan fingerprint density at radius 1 is 1.42 bits per heavy atom. The van der Waals surface area contributed by atoms with Crippen LogP contribution in [0.15, 0.2) is 28.8 Å². The molecule has 2 rings (SSSR count). The maximum absolute atomic E-state index is 12.3. The summed E-state index contributed by atoms with van der Waals surface area (Å²) in [4.78, 5) is 3.95. The quantitative estimate of drug-likeness (QED) is 0.868. The average Bonchev–Trinajstić information content (AvgIpc) is 2.74. The number of hydrogen-bond donors (Lipinski definition) is 0. The van der Waals surface area contributed by atoms with Gasteiger partial charge in [-0.1, -0.05) is 28.9 Å². The van der Waals surface area contributed by atoms with E-state index in [2.05, 4.69) is 10.1 Å². The van der Waals surface area contributed by atoms with Crippen LogP contribution in [0.5, 0.6) is 0 Å². The van der Waals surface area contributed by atoms with Crippen molar-refractivity contribution >= 4 is 21.4 Å². The standard InChI is InChI=1S/C12H13ClN2O3S/c1-8(12-14-9(2)15-18-12)19(16,17)7-10-4-3-5-11(13)6-10/h3-6,8H,7H2,1-2H3/t8-/m1/s1. The van der Waals surface area contributed by atoms with E-state index in [-0.39, 0.29) is 11.6 Å². The fraction of sp³-hybridized carbons (Fsp3) is 0.333. The Bertz CT molecular complexity index is 682. The minimum Gasteiger partial charge on any atom is -0.338 e. The van der Waals surface area contributed by atoms with Gasteiger partial charge in [-0.25, -0.2) is 8.42 Å². The zero-order chi connectivity index (χ0) is 14.0. The molecule has 0 aliphatic carbocycles. The van der Waals surface area contributed by atoms with E-state index < -0.39 is 15.1 Å². The molecular weight excluding hydrogens is 288 g/mol. The minimum absolute atomic E-state index is 0.111. The second-order valence-electron chi connectivity index (χ2n) is 4.26. The van der Waals surface area contributed by atoms with Crippen LogP contribution in [0, 0.1) is 6.92 Å². The second-order valence-corrected chi connectivity index (χ2v) is 7.02. The van der Waals surface area contributed by atoms with Crippen LogP contribution >= 0.6 is 11.6 Å². The lowest BCUT2D eigenvalue weighted by Crippen LogP contribution is -2.13. The van der Waals surface area contributed by atoms with Crippen molar-refractivity contribution in [1.29, 1.82) is 0 Å². The normalized spacial score (nSPS) is 13.4. The smallest absolute Gasteiger partial charge is 0.244 e. The highest BCUT2D eigenvalue weighted by Crippen LogP contribution is 2.24. The number of hydrogen-bond acceptors (Lipinski definition) is 5. The zero-order valence-corrected chi connectivity index (χ0v) is 12.1. The molecule has 0 amide bonds. The molecule has 0 unspecified atom stereocenters. The summed E-state index contributed by atoms with van der Waals surface area (Å²) in [6.45, 7) is 3.18. The van der Waals surface area contributed by atoms with E-state index in [9.17, 15) is 8.42 Å². The van der Waals surface area contributed by atoms with Crippen LogP contribution < -0.4 is 0 Å². The molecule has 1 heterocycles. The predicted molar refractivity (Wildman–Crippen MR) is 71.5 cm³/mol. The topological polar surface area (TPSA) is 73.1 Å². The summed E-state index contributed by atoms with van der Waals surface area (Å²) in [6.07, 6.45) is 0. The van der Waals surface area contributed by atoms with Gasteiger partial charge in [-0.2, -0.15) is 4.98 Å². The van der Waals surface area contributed by atoms with E-state index in [4.69, 9.17) is 16.1 Å². The number of aryl methyl sites for hydroxylation is 1. The molecule has 7 heteroatoms. The first kappa shape index (κ1) is 14.0. The number of aromatic nitrogens is 2. The Morgan fingerprint density at radius 3 is 2.74 bits per heavy atom. The van der Waals surface area contributed by atoms with Crippen molar-refractivity contribution < 1.29 is 12.9 Å². The summed E-state index contributed by atoms with van der Waals surface area (Å²) in [7, 11) is -3.42. The van der Waals surface area contributed by atoms with Crippen LogP contribution in [0.4, 0.5) is 0 Å². The van der Waals surface area contributed by atoms with E-state index in [1.165, 1.54) is 6.92 Å². The summed E-state index contributed by atoms with van der Waals surface area (Å²) >= 11 is 5.84. The third-order valence-electron chi connectivity index (χ3n) is 2.69. The molecule has 1 atom stereocenters. The number of halogens is 1. The Morgan fingerprint density at radius 2 is 2.16 bits per heavy atom. The summed E-state index contributed by atoms with van der Waals surface area (Å²) in [5.41, 5.74) is 0.635. The van der Waals surface area contributed by atoms with Gasteiger partial charge in [-0.15, -0.1) is 0 Å². The lowest BCUT2D eigenvalue weighted by molar-refractivity contribution is 0.373. The van der Waals surface area contributed by atoms with E-state index >= 15 is 0 Å². The first-order valence-electron chi connectivity index (χ1n) is 5.65. The zero-order valence-electron chi connectivity index (χ0n) is 10.5. The molecule has 19 heavy (non-hydrogen) atoms. The minimum atomic E-state index is -3.42. The van der Waals surface area contributed by atoms with Crippen LogP contribution in [0.1, 0.15) is 29.5 Å². The molecule has 2 aromatic rings. The summed E-state index contributed by atoms with van der Waals surface area (Å²) in [5, 5.41) is 3.27. The van der Waals surface area contributed by atoms with Gasteiger partial charge in [0.2, 0.25) is 5.89 Å². The first-order valence-corrected chi connectivity index (χ1v) is 7.74. The molecule has 0 saturated heterocycles. The molecule has 1 aromatic carbocycles. The van der Waals surface area contributed by atoms with Gasteiger partial charge in [-0.3, -0.25) is 0 Å². The fourth-order valence-corrected chi connectivity index (χ4v) is 3.13. The second kappa shape index (κ2) is 5.30. The number of rotatable bonds is 4. The molecule has 0 spiro atoms. The predicted octanol–water partition coefficient (Wildman–Crippen LogP) is 2.71. The van der Waals surface area contributed by atoms with Crippen LogP contribution in [-0.4, -0.2) is 18.6 Å². The fourth-order valence-electron chi connectivity index (χ4n) is 1.62. The van der Waals surface area contributed by atoms with Crippen LogP contribution in [0.3, 0.4) is 0 Å². The van der Waals surface area contributed by atoms with Gasteiger partial charge in [-0.05, 0) is 31.5 Å². The lowest BCUT2D eigenvalue weighted by atomic mass is 10.2. The number of benzene rings is 1. The molecule has 0 aliphatic rings. The van der Waals surface area contributed by atoms with Crippen LogP contribution in [0.25, 0.3) is 0 Å². The third-order valence-corrected chi connectivity index (χ3v) is 4.94. The average molecular weight is 301 g/mol. The highest BCUT2D eigenvalue weighted by molar-refractivity contribution is 7.90. The van der Waals surface area contributed by atoms with Gasteiger partial charge < -0.3 is 4.52 Å². The maximum Gasteiger partial charge on any atom is 0.244 e. The molecule has 0 aliphatic heterocycles. The molecule has 0 saturated carbocycles. The van der Waals surface area contributed by atoms with E-state index in [1.54, 1.807) is 31.2 Å². The summed E-state index contributed by atoms with van der Waals surface area (Å²) < 4.78 is 29.4. The van der Waals surface area contributed by atoms with Crippen molar-refractivity contribution in [2.24, 2.45) is 0 Å². The molecule has 0 N–H and O–H groups in total. The summed E-state index contributed by atoms with van der Waals surface area (Å²) in [6, 6.07) is 6.76. The van der Waals surface area contributed by atoms with Crippen molar-refractivity contribution in [3.8, 4) is 0 Å². The summed E-state index contributed by atoms with van der Waals surface area (Å²) in [5.74, 6) is 0.412. The van der Waals surface area contributed by atoms with Gasteiger partial charge in [0.1, 0.15) is 5.25 Å². The van der Waals surface area contributed by atoms with Gasteiger partial charge in [0.15, 0.2) is 15.7 Å². The third kappa shape index (κ3) is 3.33. The maximum atomic E-state index is 12.3. The van der Waals surface area contributed by atoms with Crippen molar-refractivity contribution in [1.82, 2.24) is 10.1 Å². The molecule has 0 bridgehead atoms. The first-order chi connectivity index (χ1) is 8.88. The van der Waals surface area contributed by atoms with Crippen molar-refractivity contribution in [3.05, 3.63) is 46.6 Å². The van der Waals surface area contributed by atoms with Gasteiger partial charge in [0, 0.05) is 5.02 Å².